The van der Waals surface area contributed by atoms with Crippen molar-refractivity contribution in [3.63, 3.8) is 0 Å². The van der Waals surface area contributed by atoms with Crippen LogP contribution in [0.3, 0.4) is 0 Å². The maximum Gasteiger partial charge on any atom is 0.229 e. The van der Waals surface area contributed by atoms with Gasteiger partial charge in [-0.1, -0.05) is 29.8 Å². The number of benzene rings is 2. The van der Waals surface area contributed by atoms with Gasteiger partial charge in [-0.15, -0.1) is 16.4 Å². The monoisotopic (exact) mass is 458 g/mol. The van der Waals surface area contributed by atoms with Crippen molar-refractivity contribution in [3.05, 3.63) is 82.8 Å². The van der Waals surface area contributed by atoms with Crippen molar-refractivity contribution in [2.24, 2.45) is 5.92 Å². The molecule has 5 rings (SSSR count). The average Bonchev–Trinajstić information content (AvgIpc) is 3.54. The molecule has 1 saturated heterocycles. The Morgan fingerprint density at radius 2 is 1.94 bits per heavy atom. The summed E-state index contributed by atoms with van der Waals surface area (Å²) in [7, 11) is 0. The van der Waals surface area contributed by atoms with Gasteiger partial charge in [-0.2, -0.15) is 0 Å². The Morgan fingerprint density at radius 1 is 1.09 bits per heavy atom. The van der Waals surface area contributed by atoms with E-state index in [1.807, 2.05) is 73.0 Å². The molecule has 33 heavy (non-hydrogen) atoms. The summed E-state index contributed by atoms with van der Waals surface area (Å²) in [6, 6.07) is 18.8. The number of aryl methyl sites for hydroxylation is 1. The van der Waals surface area contributed by atoms with Crippen LogP contribution < -0.4 is 10.2 Å². The largest absolute Gasteiger partial charge is 0.326 e. The summed E-state index contributed by atoms with van der Waals surface area (Å²) in [5.41, 5.74) is 3.32. The first-order valence-electron chi connectivity index (χ1n) is 10.7. The quantitative estimate of drug-likeness (QED) is 0.485. The van der Waals surface area contributed by atoms with Crippen molar-refractivity contribution in [1.29, 1.82) is 0 Å². The predicted molar refractivity (Wildman–Crippen MR) is 126 cm³/mol. The van der Waals surface area contributed by atoms with E-state index >= 15 is 0 Å². The number of thiophene rings is 1. The predicted octanol–water partition coefficient (Wildman–Crippen LogP) is 4.16. The van der Waals surface area contributed by atoms with Gasteiger partial charge in [0.15, 0.2) is 0 Å². The molecule has 3 heterocycles. The maximum absolute atomic E-state index is 13.5. The van der Waals surface area contributed by atoms with Crippen LogP contribution in [-0.2, 0) is 9.59 Å². The van der Waals surface area contributed by atoms with Gasteiger partial charge in [0, 0.05) is 22.7 Å². The lowest BCUT2D eigenvalue weighted by atomic mass is 9.86. The van der Waals surface area contributed by atoms with E-state index in [1.54, 1.807) is 16.2 Å². The van der Waals surface area contributed by atoms with Gasteiger partial charge < -0.3 is 10.2 Å². The molecule has 1 fully saturated rings. The molecule has 1 aliphatic rings. The van der Waals surface area contributed by atoms with Crippen LogP contribution in [0.5, 0.6) is 0 Å². The Balaban J connectivity index is 1.46. The highest BCUT2D eigenvalue weighted by Gasteiger charge is 2.42. The summed E-state index contributed by atoms with van der Waals surface area (Å²) in [4.78, 5) is 29.4. The Labute approximate surface area is 194 Å². The molecule has 1 aliphatic heterocycles. The molecule has 0 unspecified atom stereocenters. The number of amides is 2. The number of hydrogen-bond acceptors (Lipinski definition) is 6. The lowest BCUT2D eigenvalue weighted by Crippen LogP contribution is -2.46. The third-order valence-electron chi connectivity index (χ3n) is 5.81. The van der Waals surface area contributed by atoms with Crippen molar-refractivity contribution in [2.75, 3.05) is 10.2 Å². The van der Waals surface area contributed by atoms with Crippen LogP contribution in [0.4, 0.5) is 11.4 Å². The van der Waals surface area contributed by atoms with E-state index in [1.165, 1.54) is 11.0 Å². The minimum atomic E-state index is -0.389. The number of anilines is 2. The summed E-state index contributed by atoms with van der Waals surface area (Å²) in [5.74, 6) is -0.479. The first-order valence-corrected chi connectivity index (χ1v) is 11.5. The van der Waals surface area contributed by atoms with Gasteiger partial charge in [0.1, 0.15) is 6.33 Å². The van der Waals surface area contributed by atoms with Crippen molar-refractivity contribution in [1.82, 2.24) is 20.2 Å². The number of carbonyl (C=O) groups is 2. The van der Waals surface area contributed by atoms with E-state index in [0.717, 1.165) is 21.8 Å². The number of carbonyl (C=O) groups excluding carboxylic acids is 2. The highest BCUT2D eigenvalue weighted by molar-refractivity contribution is 7.10. The van der Waals surface area contributed by atoms with Gasteiger partial charge >= 0.3 is 0 Å². The molecule has 2 aromatic heterocycles. The zero-order chi connectivity index (χ0) is 22.8. The molecule has 9 heteroatoms. The summed E-state index contributed by atoms with van der Waals surface area (Å²) in [6.07, 6.45) is 2.31. The van der Waals surface area contributed by atoms with Crippen LogP contribution in [0.1, 0.15) is 29.3 Å². The van der Waals surface area contributed by atoms with Gasteiger partial charge in [0.2, 0.25) is 11.8 Å². The number of rotatable bonds is 5. The molecule has 0 spiro atoms. The number of aromatic nitrogens is 4. The molecule has 0 aliphatic carbocycles. The molecular formula is C24H22N6O2S. The lowest BCUT2D eigenvalue weighted by molar-refractivity contribution is -0.125. The third kappa shape index (κ3) is 4.27. The topological polar surface area (TPSA) is 93.0 Å². The molecule has 2 atom stereocenters. The highest BCUT2D eigenvalue weighted by atomic mass is 32.1. The second-order valence-corrected chi connectivity index (χ2v) is 8.98. The Bertz CT molecular complexity index is 1250. The van der Waals surface area contributed by atoms with Crippen LogP contribution in [0, 0.1) is 12.8 Å². The fourth-order valence-corrected chi connectivity index (χ4v) is 5.08. The van der Waals surface area contributed by atoms with Crippen LogP contribution in [0.15, 0.2) is 72.4 Å². The van der Waals surface area contributed by atoms with Gasteiger partial charge in [-0.3, -0.25) is 9.59 Å². The summed E-state index contributed by atoms with van der Waals surface area (Å²) >= 11 is 1.56. The van der Waals surface area contributed by atoms with Gasteiger partial charge in [-0.05, 0) is 65.5 Å². The molecule has 1 N–H and O–H groups in total. The highest BCUT2D eigenvalue weighted by Crippen LogP contribution is 2.42. The molecule has 0 bridgehead atoms. The second kappa shape index (κ2) is 8.95. The minimum absolute atomic E-state index is 0.0296. The van der Waals surface area contributed by atoms with Crippen molar-refractivity contribution in [3.8, 4) is 5.69 Å². The standard InChI is InChI=1S/C24H22N6O2S/c1-16-7-9-18(10-8-16)30-22(31)12-11-20(23(30)21-6-3-13-33-21)24(32)26-17-4-2-5-19(14-17)29-15-25-27-28-29/h2-10,13-15,20,23H,11-12H2,1H3,(H,26,32)/t20-,23-/m1/s1. The first kappa shape index (κ1) is 21.0. The Hall–Kier alpha value is -3.85. The number of hydrogen-bond donors (Lipinski definition) is 1. The van der Waals surface area contributed by atoms with Gasteiger partial charge in [0.25, 0.3) is 0 Å². The fraction of sp³-hybridized carbons (Fsp3) is 0.208. The van der Waals surface area contributed by atoms with Crippen molar-refractivity contribution >= 4 is 34.5 Å². The fourth-order valence-electron chi connectivity index (χ4n) is 4.20. The number of tetrazole rings is 1. The maximum atomic E-state index is 13.5. The van der Waals surface area contributed by atoms with E-state index in [2.05, 4.69) is 20.8 Å². The van der Waals surface area contributed by atoms with E-state index in [9.17, 15) is 9.59 Å². The van der Waals surface area contributed by atoms with E-state index in [0.29, 0.717) is 18.5 Å². The number of nitrogens with zero attached hydrogens (tertiary/aromatic N) is 5. The first-order chi connectivity index (χ1) is 16.1. The minimum Gasteiger partial charge on any atom is -0.326 e. The molecule has 8 nitrogen and oxygen atoms in total. The van der Waals surface area contributed by atoms with Crippen LogP contribution in [-0.4, -0.2) is 32.0 Å². The lowest BCUT2D eigenvalue weighted by Gasteiger charge is -2.40. The number of nitrogens with one attached hydrogen (secondary N) is 1. The van der Waals surface area contributed by atoms with Crippen LogP contribution in [0.2, 0.25) is 0 Å². The van der Waals surface area contributed by atoms with Gasteiger partial charge in [0.05, 0.1) is 17.6 Å². The smallest absolute Gasteiger partial charge is 0.229 e. The van der Waals surface area contributed by atoms with Crippen LogP contribution in [0.25, 0.3) is 5.69 Å². The summed E-state index contributed by atoms with van der Waals surface area (Å²) < 4.78 is 1.53. The van der Waals surface area contributed by atoms with Crippen LogP contribution >= 0.6 is 11.3 Å². The summed E-state index contributed by atoms with van der Waals surface area (Å²) in [6.45, 7) is 2.01. The van der Waals surface area contributed by atoms with E-state index in [4.69, 9.17) is 0 Å². The van der Waals surface area contributed by atoms with E-state index < -0.39 is 0 Å². The number of piperidine rings is 1. The zero-order valence-electron chi connectivity index (χ0n) is 18.0. The van der Waals surface area contributed by atoms with Crippen molar-refractivity contribution in [2.45, 2.75) is 25.8 Å². The average molecular weight is 459 g/mol. The molecule has 0 saturated carbocycles. The third-order valence-corrected chi connectivity index (χ3v) is 6.75. The Kier molecular flexibility index (Phi) is 5.70. The molecule has 0 radical (unpaired) electrons. The molecule has 2 amide bonds. The Morgan fingerprint density at radius 3 is 2.67 bits per heavy atom. The summed E-state index contributed by atoms with van der Waals surface area (Å²) in [5, 5.41) is 16.2. The molecule has 166 valence electrons. The van der Waals surface area contributed by atoms with Crippen molar-refractivity contribution < 1.29 is 9.59 Å². The molecule has 2 aromatic carbocycles. The normalized spacial score (nSPS) is 18.3. The molecule has 4 aromatic rings. The zero-order valence-corrected chi connectivity index (χ0v) is 18.8. The van der Waals surface area contributed by atoms with E-state index in [-0.39, 0.29) is 23.8 Å². The SMILES string of the molecule is Cc1ccc(N2C(=O)CC[C@@H](C(=O)Nc3cccc(-n4cnnn4)c3)[C@@H]2c2cccs2)cc1. The van der Waals surface area contributed by atoms with Gasteiger partial charge in [-0.25, -0.2) is 4.68 Å². The second-order valence-electron chi connectivity index (χ2n) is 8.00. The molecular weight excluding hydrogens is 436 g/mol.